The summed E-state index contributed by atoms with van der Waals surface area (Å²) in [6.07, 6.45) is 0. The topological polar surface area (TPSA) is 64.7 Å². The molecule has 0 aliphatic carbocycles. The third-order valence-corrected chi connectivity index (χ3v) is 10.4. The van der Waals surface area contributed by atoms with Gasteiger partial charge in [-0.1, -0.05) is 18.2 Å². The fourth-order valence-electron chi connectivity index (χ4n) is 5.94. The molecule has 0 amide bonds. The molecule has 0 aliphatic heterocycles. The molecular formula is C38H22N4OSe. The van der Waals surface area contributed by atoms with Gasteiger partial charge in [-0.05, 0) is 12.1 Å². The molecule has 0 spiro atoms. The average Bonchev–Trinajstić information content (AvgIpc) is 3.71. The van der Waals surface area contributed by atoms with E-state index in [1.807, 2.05) is 72.8 Å². The number of fused-ring (bicyclic) bond motifs is 6. The van der Waals surface area contributed by atoms with E-state index in [1.165, 1.54) is 19.3 Å². The van der Waals surface area contributed by atoms with Crippen molar-refractivity contribution in [3.63, 3.8) is 0 Å². The Hall–Kier alpha value is -5.42. The minimum atomic E-state index is 0.241. The minimum absolute atomic E-state index is 0.241. The van der Waals surface area contributed by atoms with E-state index in [4.69, 9.17) is 24.4 Å². The van der Waals surface area contributed by atoms with E-state index in [1.54, 1.807) is 0 Å². The number of aromatic nitrogens is 4. The summed E-state index contributed by atoms with van der Waals surface area (Å²) in [7, 11) is 0. The SMILES string of the molecule is c1ccc(-c2nc(-c3cc4nc(-c5ccccc5)oc4c4ccccc34)nc(-c3cccc4[se]c5ccccc5c34)n2)cc1. The summed E-state index contributed by atoms with van der Waals surface area (Å²) >= 11 is 0.241. The number of hydrogen-bond acceptors (Lipinski definition) is 5. The number of benzene rings is 6. The Labute approximate surface area is 258 Å². The second-order valence-corrected chi connectivity index (χ2v) is 12.9. The van der Waals surface area contributed by atoms with Crippen LogP contribution >= 0.6 is 0 Å². The van der Waals surface area contributed by atoms with Crippen LogP contribution < -0.4 is 0 Å². The molecule has 0 saturated heterocycles. The second kappa shape index (κ2) is 10.1. The first-order valence-electron chi connectivity index (χ1n) is 14.4. The van der Waals surface area contributed by atoms with Crippen LogP contribution in [0.2, 0.25) is 0 Å². The first kappa shape index (κ1) is 25.1. The molecule has 5 nitrogen and oxygen atoms in total. The molecule has 206 valence electrons. The van der Waals surface area contributed by atoms with Gasteiger partial charge >= 0.3 is 229 Å². The molecule has 0 aliphatic rings. The Kier molecular flexibility index (Phi) is 5.76. The summed E-state index contributed by atoms with van der Waals surface area (Å²) in [6.45, 7) is 0. The van der Waals surface area contributed by atoms with Gasteiger partial charge in [-0.25, -0.2) is 0 Å². The van der Waals surface area contributed by atoms with Crippen molar-refractivity contribution >= 4 is 55.7 Å². The number of nitrogens with zero attached hydrogens (tertiary/aromatic N) is 4. The van der Waals surface area contributed by atoms with E-state index >= 15 is 0 Å². The van der Waals surface area contributed by atoms with Gasteiger partial charge in [-0.3, -0.25) is 0 Å². The number of hydrogen-bond donors (Lipinski definition) is 0. The van der Waals surface area contributed by atoms with Crippen molar-refractivity contribution < 1.29 is 4.42 Å². The molecule has 9 aromatic rings. The monoisotopic (exact) mass is 630 g/mol. The van der Waals surface area contributed by atoms with Gasteiger partial charge in [-0.2, -0.15) is 0 Å². The van der Waals surface area contributed by atoms with Crippen LogP contribution in [0.1, 0.15) is 0 Å². The van der Waals surface area contributed by atoms with Gasteiger partial charge in [0, 0.05) is 0 Å². The third-order valence-electron chi connectivity index (χ3n) is 7.97. The summed E-state index contributed by atoms with van der Waals surface area (Å²) in [5, 5.41) is 4.46. The summed E-state index contributed by atoms with van der Waals surface area (Å²) in [5.74, 6) is 2.48. The number of rotatable bonds is 4. The maximum atomic E-state index is 6.37. The van der Waals surface area contributed by atoms with Crippen molar-refractivity contribution in [3.8, 4) is 45.6 Å². The third kappa shape index (κ3) is 4.08. The van der Waals surface area contributed by atoms with E-state index in [9.17, 15) is 0 Å². The van der Waals surface area contributed by atoms with E-state index < -0.39 is 0 Å². The van der Waals surface area contributed by atoms with Crippen molar-refractivity contribution in [3.05, 3.63) is 133 Å². The molecule has 0 fully saturated rings. The van der Waals surface area contributed by atoms with E-state index in [0.29, 0.717) is 23.4 Å². The van der Waals surface area contributed by atoms with Crippen LogP contribution in [-0.2, 0) is 0 Å². The summed E-state index contributed by atoms with van der Waals surface area (Å²) < 4.78 is 9.10. The number of oxazole rings is 1. The van der Waals surface area contributed by atoms with Gasteiger partial charge in [0.05, 0.1) is 0 Å². The van der Waals surface area contributed by atoms with Gasteiger partial charge in [0.25, 0.3) is 0 Å². The van der Waals surface area contributed by atoms with Crippen LogP contribution in [0.25, 0.3) is 86.8 Å². The molecule has 0 bridgehead atoms. The molecule has 0 N–H and O–H groups in total. The molecule has 0 atom stereocenters. The Morgan fingerprint density at radius 1 is 0.455 bits per heavy atom. The van der Waals surface area contributed by atoms with Crippen LogP contribution in [0.4, 0.5) is 0 Å². The molecule has 0 radical (unpaired) electrons. The molecule has 44 heavy (non-hydrogen) atoms. The van der Waals surface area contributed by atoms with Gasteiger partial charge in [-0.15, -0.1) is 0 Å². The zero-order chi connectivity index (χ0) is 29.0. The molecule has 3 aromatic heterocycles. The second-order valence-electron chi connectivity index (χ2n) is 10.7. The standard InChI is InChI=1S/C38H22N4OSe/c1-3-12-23(13-4-1)35-40-36(28-19-11-21-32-33(28)27-18-9-10-20-31(27)44-32)42-37(41-35)29-22-30-34(26-17-8-7-16-25(26)29)43-38(39-30)24-14-5-2-6-15-24/h1-22H. The Balaban J connectivity index is 1.33. The van der Waals surface area contributed by atoms with Crippen molar-refractivity contribution in [1.29, 1.82) is 0 Å². The predicted molar refractivity (Wildman–Crippen MR) is 179 cm³/mol. The average molecular weight is 630 g/mol. The van der Waals surface area contributed by atoms with E-state index in [-0.39, 0.29) is 14.5 Å². The van der Waals surface area contributed by atoms with Gasteiger partial charge < -0.3 is 0 Å². The van der Waals surface area contributed by atoms with Crippen molar-refractivity contribution in [2.24, 2.45) is 0 Å². The van der Waals surface area contributed by atoms with Crippen LogP contribution in [0.15, 0.2) is 138 Å². The molecule has 6 heteroatoms. The van der Waals surface area contributed by atoms with E-state index in [2.05, 4.69) is 60.7 Å². The summed E-state index contributed by atoms with van der Waals surface area (Å²) in [5.41, 5.74) is 5.29. The predicted octanol–water partition coefficient (Wildman–Crippen LogP) is 9.20. The Morgan fingerprint density at radius 3 is 1.86 bits per heavy atom. The van der Waals surface area contributed by atoms with Crippen molar-refractivity contribution in [1.82, 2.24) is 19.9 Å². The normalized spacial score (nSPS) is 11.6. The van der Waals surface area contributed by atoms with Crippen LogP contribution in [0, 0.1) is 0 Å². The Morgan fingerprint density at radius 2 is 1.07 bits per heavy atom. The summed E-state index contributed by atoms with van der Waals surface area (Å²) in [6, 6.07) is 45.6. The van der Waals surface area contributed by atoms with Gasteiger partial charge in [0.1, 0.15) is 0 Å². The van der Waals surface area contributed by atoms with Gasteiger partial charge in [0.2, 0.25) is 0 Å². The van der Waals surface area contributed by atoms with Crippen molar-refractivity contribution in [2.75, 3.05) is 0 Å². The fraction of sp³-hybridized carbons (Fsp3) is 0. The van der Waals surface area contributed by atoms with Crippen LogP contribution in [-0.4, -0.2) is 34.4 Å². The summed E-state index contributed by atoms with van der Waals surface area (Å²) in [4.78, 5) is 20.3. The van der Waals surface area contributed by atoms with Crippen LogP contribution in [0.3, 0.4) is 0 Å². The zero-order valence-corrected chi connectivity index (χ0v) is 25.0. The Bertz CT molecular complexity index is 2500. The first-order valence-corrected chi connectivity index (χ1v) is 16.1. The molecular weight excluding hydrogens is 607 g/mol. The van der Waals surface area contributed by atoms with Crippen LogP contribution in [0.5, 0.6) is 0 Å². The molecule has 0 unspecified atom stereocenters. The fourth-order valence-corrected chi connectivity index (χ4v) is 8.31. The maximum absolute atomic E-state index is 6.37. The van der Waals surface area contributed by atoms with E-state index in [0.717, 1.165) is 44.1 Å². The quantitative estimate of drug-likeness (QED) is 0.182. The molecule has 6 aromatic carbocycles. The van der Waals surface area contributed by atoms with Crippen molar-refractivity contribution in [2.45, 2.75) is 0 Å². The molecule has 0 saturated carbocycles. The zero-order valence-electron chi connectivity index (χ0n) is 23.3. The van der Waals surface area contributed by atoms with Gasteiger partial charge in [0.15, 0.2) is 0 Å². The first-order chi connectivity index (χ1) is 21.8. The molecule has 3 heterocycles. The molecule has 9 rings (SSSR count).